The molecule has 1 aliphatic carbocycles. The SMILES string of the molecule is CN(C)S(=O)(=O)CCCN1C[C@H](C2CC2)[C@@H](N)C1.Cl.Cl. The van der Waals surface area contributed by atoms with Gasteiger partial charge in [-0.1, -0.05) is 0 Å². The van der Waals surface area contributed by atoms with Crippen molar-refractivity contribution in [3.05, 3.63) is 0 Å². The monoisotopic (exact) mass is 347 g/mol. The van der Waals surface area contributed by atoms with E-state index in [4.69, 9.17) is 5.73 Å². The van der Waals surface area contributed by atoms with Crippen LogP contribution in [0.4, 0.5) is 0 Å². The standard InChI is InChI=1S/C12H25N3O2S.2ClH/c1-14(2)18(16,17)7-3-6-15-8-11(10-4-5-10)12(13)9-15;;/h10-12H,3-9,13H2,1-2H3;2*1H/t11-,12+;;/m1../s1. The second-order valence-electron chi connectivity index (χ2n) is 5.88. The fourth-order valence-electron chi connectivity index (χ4n) is 2.80. The lowest BCUT2D eigenvalue weighted by molar-refractivity contribution is 0.317. The van der Waals surface area contributed by atoms with Gasteiger partial charge in [0.25, 0.3) is 0 Å². The van der Waals surface area contributed by atoms with E-state index >= 15 is 0 Å². The number of nitrogens with zero attached hydrogens (tertiary/aromatic N) is 2. The van der Waals surface area contributed by atoms with Gasteiger partial charge in [0, 0.05) is 33.2 Å². The Morgan fingerprint density at radius 1 is 1.20 bits per heavy atom. The summed E-state index contributed by atoms with van der Waals surface area (Å²) in [5.74, 6) is 1.73. The average Bonchev–Trinajstić information content (AvgIpc) is 3.03. The van der Waals surface area contributed by atoms with Crippen molar-refractivity contribution in [2.24, 2.45) is 17.6 Å². The van der Waals surface area contributed by atoms with E-state index in [1.165, 1.54) is 17.1 Å². The van der Waals surface area contributed by atoms with Crippen LogP contribution in [0, 0.1) is 11.8 Å². The summed E-state index contributed by atoms with van der Waals surface area (Å²) in [6, 6.07) is 0.294. The normalized spacial score (nSPS) is 27.2. The Balaban J connectivity index is 0.00000180. The molecule has 2 aliphatic rings. The molecule has 20 heavy (non-hydrogen) atoms. The third-order valence-corrected chi connectivity index (χ3v) is 6.07. The highest BCUT2D eigenvalue weighted by Gasteiger charge is 2.40. The summed E-state index contributed by atoms with van der Waals surface area (Å²) in [7, 11) is 0.130. The van der Waals surface area contributed by atoms with Crippen LogP contribution in [0.1, 0.15) is 19.3 Å². The summed E-state index contributed by atoms with van der Waals surface area (Å²) >= 11 is 0. The van der Waals surface area contributed by atoms with E-state index in [1.807, 2.05) is 0 Å². The summed E-state index contributed by atoms with van der Waals surface area (Å²) in [6.45, 7) is 2.85. The van der Waals surface area contributed by atoms with Gasteiger partial charge in [0.1, 0.15) is 0 Å². The Labute approximate surface area is 135 Å². The number of likely N-dealkylation sites (tertiary alicyclic amines) is 1. The first kappa shape index (κ1) is 20.4. The van der Waals surface area contributed by atoms with Gasteiger partial charge in [-0.2, -0.15) is 0 Å². The average molecular weight is 348 g/mol. The Morgan fingerprint density at radius 3 is 2.30 bits per heavy atom. The van der Waals surface area contributed by atoms with E-state index in [1.54, 1.807) is 14.1 Å². The van der Waals surface area contributed by atoms with Gasteiger partial charge in [-0.25, -0.2) is 12.7 Å². The molecule has 0 spiro atoms. The number of rotatable bonds is 6. The molecule has 0 unspecified atom stereocenters. The van der Waals surface area contributed by atoms with Crippen molar-refractivity contribution in [2.75, 3.05) is 39.5 Å². The van der Waals surface area contributed by atoms with Crippen LogP contribution in [0.5, 0.6) is 0 Å². The quantitative estimate of drug-likeness (QED) is 0.770. The molecule has 0 aromatic heterocycles. The van der Waals surface area contributed by atoms with Crippen LogP contribution < -0.4 is 5.73 Å². The van der Waals surface area contributed by atoms with Crippen LogP contribution in [0.2, 0.25) is 0 Å². The van der Waals surface area contributed by atoms with Crippen molar-refractivity contribution in [1.29, 1.82) is 0 Å². The molecule has 1 saturated heterocycles. The minimum Gasteiger partial charge on any atom is -0.326 e. The second-order valence-corrected chi connectivity index (χ2v) is 8.18. The van der Waals surface area contributed by atoms with Gasteiger partial charge < -0.3 is 10.6 Å². The van der Waals surface area contributed by atoms with Crippen LogP contribution >= 0.6 is 24.8 Å². The molecule has 5 nitrogen and oxygen atoms in total. The highest BCUT2D eigenvalue weighted by Crippen LogP contribution is 2.40. The van der Waals surface area contributed by atoms with Crippen molar-refractivity contribution in [3.63, 3.8) is 0 Å². The van der Waals surface area contributed by atoms with Crippen molar-refractivity contribution in [3.8, 4) is 0 Å². The number of nitrogens with two attached hydrogens (primary N) is 1. The minimum absolute atomic E-state index is 0. The van der Waals surface area contributed by atoms with Crippen LogP contribution in [0.25, 0.3) is 0 Å². The van der Waals surface area contributed by atoms with Crippen LogP contribution in [0.3, 0.4) is 0 Å². The maximum Gasteiger partial charge on any atom is 0.213 e. The van der Waals surface area contributed by atoms with Gasteiger partial charge in [0.2, 0.25) is 10.0 Å². The van der Waals surface area contributed by atoms with Gasteiger partial charge in [0.05, 0.1) is 5.75 Å². The van der Waals surface area contributed by atoms with Gasteiger partial charge >= 0.3 is 0 Å². The van der Waals surface area contributed by atoms with Gasteiger partial charge in [-0.3, -0.25) is 0 Å². The molecule has 0 amide bonds. The molecular formula is C12H27Cl2N3O2S. The molecule has 1 aliphatic heterocycles. The lowest BCUT2D eigenvalue weighted by atomic mass is 9.99. The Hall–Kier alpha value is 0.410. The lowest BCUT2D eigenvalue weighted by Crippen LogP contribution is -2.31. The van der Waals surface area contributed by atoms with E-state index in [2.05, 4.69) is 4.90 Å². The first-order valence-corrected chi connectivity index (χ1v) is 8.39. The van der Waals surface area contributed by atoms with Crippen LogP contribution in [-0.2, 0) is 10.0 Å². The molecule has 8 heteroatoms. The molecule has 0 aromatic rings. The topological polar surface area (TPSA) is 66.6 Å². The van der Waals surface area contributed by atoms with E-state index in [-0.39, 0.29) is 30.6 Å². The Kier molecular flexibility index (Phi) is 8.32. The summed E-state index contributed by atoms with van der Waals surface area (Å²) in [4.78, 5) is 2.33. The predicted molar refractivity (Wildman–Crippen MR) is 87.2 cm³/mol. The first-order chi connectivity index (χ1) is 8.40. The molecule has 122 valence electrons. The number of sulfonamides is 1. The molecule has 1 heterocycles. The zero-order valence-corrected chi connectivity index (χ0v) is 14.6. The summed E-state index contributed by atoms with van der Waals surface area (Å²) in [5, 5.41) is 0. The third kappa shape index (κ3) is 5.31. The van der Waals surface area contributed by atoms with Crippen molar-refractivity contribution < 1.29 is 8.42 Å². The maximum atomic E-state index is 11.6. The van der Waals surface area contributed by atoms with Crippen molar-refractivity contribution >= 4 is 34.8 Å². The highest BCUT2D eigenvalue weighted by molar-refractivity contribution is 7.89. The molecule has 2 atom stereocenters. The smallest absolute Gasteiger partial charge is 0.213 e. The fraction of sp³-hybridized carbons (Fsp3) is 1.00. The highest BCUT2D eigenvalue weighted by atomic mass is 35.5. The zero-order valence-electron chi connectivity index (χ0n) is 12.2. The number of hydrogen-bond acceptors (Lipinski definition) is 4. The molecule has 0 aromatic carbocycles. The molecular weight excluding hydrogens is 321 g/mol. The van der Waals surface area contributed by atoms with E-state index in [0.29, 0.717) is 18.4 Å². The molecule has 2 fully saturated rings. The summed E-state index contributed by atoms with van der Waals surface area (Å²) in [6.07, 6.45) is 3.37. The van der Waals surface area contributed by atoms with Gasteiger partial charge in [-0.05, 0) is 37.6 Å². The largest absolute Gasteiger partial charge is 0.326 e. The Bertz CT molecular complexity index is 388. The zero-order chi connectivity index (χ0) is 13.3. The van der Waals surface area contributed by atoms with Crippen LogP contribution in [-0.4, -0.2) is 63.1 Å². The lowest BCUT2D eigenvalue weighted by Gasteiger charge is -2.16. The van der Waals surface area contributed by atoms with Gasteiger partial charge in [-0.15, -0.1) is 24.8 Å². The van der Waals surface area contributed by atoms with Crippen molar-refractivity contribution in [1.82, 2.24) is 9.21 Å². The fourth-order valence-corrected chi connectivity index (χ4v) is 3.66. The Morgan fingerprint density at radius 2 is 1.80 bits per heavy atom. The number of hydrogen-bond donors (Lipinski definition) is 1. The number of halogens is 2. The van der Waals surface area contributed by atoms with Crippen LogP contribution in [0.15, 0.2) is 0 Å². The molecule has 0 bridgehead atoms. The van der Waals surface area contributed by atoms with Gasteiger partial charge in [0.15, 0.2) is 0 Å². The molecule has 0 radical (unpaired) electrons. The molecule has 2 N–H and O–H groups in total. The predicted octanol–water partition coefficient (Wildman–Crippen LogP) is 0.781. The maximum absolute atomic E-state index is 11.6. The third-order valence-electron chi connectivity index (χ3n) is 4.15. The first-order valence-electron chi connectivity index (χ1n) is 6.78. The summed E-state index contributed by atoms with van der Waals surface area (Å²) in [5.41, 5.74) is 6.15. The van der Waals surface area contributed by atoms with E-state index in [9.17, 15) is 8.42 Å². The molecule has 2 rings (SSSR count). The summed E-state index contributed by atoms with van der Waals surface area (Å²) < 4.78 is 24.6. The minimum atomic E-state index is -3.05. The van der Waals surface area contributed by atoms with E-state index in [0.717, 1.165) is 25.6 Å². The second kappa shape index (κ2) is 8.15. The molecule has 1 saturated carbocycles. The van der Waals surface area contributed by atoms with Crippen molar-refractivity contribution in [2.45, 2.75) is 25.3 Å². The van der Waals surface area contributed by atoms with E-state index < -0.39 is 10.0 Å².